The molecule has 0 bridgehead atoms. The van der Waals surface area contributed by atoms with Gasteiger partial charge in [0.2, 0.25) is 5.96 Å². The summed E-state index contributed by atoms with van der Waals surface area (Å²) in [4.78, 5) is 18.4. The van der Waals surface area contributed by atoms with Crippen LogP contribution in [0.1, 0.15) is 6.42 Å². The highest BCUT2D eigenvalue weighted by Gasteiger charge is 2.39. The highest BCUT2D eigenvalue weighted by molar-refractivity contribution is 6.20. The van der Waals surface area contributed by atoms with Gasteiger partial charge in [-0.2, -0.15) is 9.98 Å². The second kappa shape index (κ2) is 2.98. The normalized spacial score (nSPS) is 27.9. The van der Waals surface area contributed by atoms with Gasteiger partial charge in [-0.25, -0.2) is 0 Å². The Labute approximate surface area is 75.2 Å². The Morgan fingerprint density at radius 1 is 1.46 bits per heavy atom. The van der Waals surface area contributed by atoms with E-state index in [-0.39, 0.29) is 18.2 Å². The predicted octanol–water partition coefficient (Wildman–Crippen LogP) is -1.53. The molecule has 6 N–H and O–H groups in total. The quantitative estimate of drug-likeness (QED) is 0.447. The van der Waals surface area contributed by atoms with Gasteiger partial charge in [-0.3, -0.25) is 4.79 Å². The third kappa shape index (κ3) is 1.43. The van der Waals surface area contributed by atoms with E-state index in [0.29, 0.717) is 0 Å². The molecule has 0 spiro atoms. The first kappa shape index (κ1) is 9.40. The van der Waals surface area contributed by atoms with Crippen molar-refractivity contribution < 1.29 is 4.79 Å². The lowest BCUT2D eigenvalue weighted by Crippen LogP contribution is -2.59. The van der Waals surface area contributed by atoms with E-state index in [9.17, 15) is 4.79 Å². The molecule has 0 aromatic heterocycles. The smallest absolute Gasteiger partial charge is 0.277 e. The lowest BCUT2D eigenvalue weighted by molar-refractivity contribution is -0.120. The van der Waals surface area contributed by atoms with Crippen LogP contribution in [0.25, 0.3) is 0 Å². The minimum atomic E-state index is -1.37. The molecule has 0 aliphatic carbocycles. The van der Waals surface area contributed by atoms with Gasteiger partial charge in [0.15, 0.2) is 5.54 Å². The molecular formula is C7H11N5O. The molecule has 6 nitrogen and oxygen atoms in total. The molecule has 13 heavy (non-hydrogen) atoms. The Morgan fingerprint density at radius 2 is 2.08 bits per heavy atom. The zero-order valence-corrected chi connectivity index (χ0v) is 7.03. The summed E-state index contributed by atoms with van der Waals surface area (Å²) < 4.78 is 0. The Balaban J connectivity index is 3.08. The average Bonchev–Trinajstić information content (AvgIpc) is 2.01. The minimum absolute atomic E-state index is 0.0232. The first-order valence-electron chi connectivity index (χ1n) is 3.63. The van der Waals surface area contributed by atoms with Crippen LogP contribution in [-0.2, 0) is 4.79 Å². The van der Waals surface area contributed by atoms with Crippen molar-refractivity contribution in [3.8, 4) is 0 Å². The lowest BCUT2D eigenvalue weighted by atomic mass is 9.93. The molecule has 1 atom stereocenters. The van der Waals surface area contributed by atoms with Gasteiger partial charge in [0.1, 0.15) is 5.84 Å². The number of nitrogens with two attached hydrogens (primary N) is 3. The van der Waals surface area contributed by atoms with Gasteiger partial charge in [0.05, 0.1) is 0 Å². The molecule has 0 aromatic rings. The number of carbonyl (C=O) groups is 1. The van der Waals surface area contributed by atoms with Crippen molar-refractivity contribution in [3.63, 3.8) is 0 Å². The van der Waals surface area contributed by atoms with E-state index in [2.05, 4.69) is 16.6 Å². The Hall–Kier alpha value is -1.69. The van der Waals surface area contributed by atoms with E-state index >= 15 is 0 Å². The van der Waals surface area contributed by atoms with Gasteiger partial charge in [-0.1, -0.05) is 6.08 Å². The van der Waals surface area contributed by atoms with Gasteiger partial charge in [0.25, 0.3) is 5.91 Å². The molecule has 1 aliphatic rings. The molecule has 1 aliphatic heterocycles. The van der Waals surface area contributed by atoms with Crippen molar-refractivity contribution in [2.75, 3.05) is 0 Å². The monoisotopic (exact) mass is 181 g/mol. The Bertz CT molecular complexity index is 319. The van der Waals surface area contributed by atoms with Crippen LogP contribution in [0.4, 0.5) is 0 Å². The number of hydrogen-bond acceptors (Lipinski definition) is 5. The van der Waals surface area contributed by atoms with Crippen molar-refractivity contribution in [2.24, 2.45) is 27.2 Å². The molecule has 0 radical (unpaired) electrons. The lowest BCUT2D eigenvalue weighted by Gasteiger charge is -2.25. The Kier molecular flexibility index (Phi) is 2.16. The van der Waals surface area contributed by atoms with Gasteiger partial charge in [0, 0.05) is 0 Å². The molecule has 0 saturated carbocycles. The van der Waals surface area contributed by atoms with Crippen LogP contribution in [0.3, 0.4) is 0 Å². The highest BCUT2D eigenvalue weighted by atomic mass is 16.2. The molecule has 1 amide bonds. The Morgan fingerprint density at radius 3 is 2.54 bits per heavy atom. The number of rotatable bonds is 2. The summed E-state index contributed by atoms with van der Waals surface area (Å²) in [5.41, 5.74) is 15.0. The van der Waals surface area contributed by atoms with Crippen LogP contribution < -0.4 is 17.2 Å². The first-order valence-corrected chi connectivity index (χ1v) is 3.63. The van der Waals surface area contributed by atoms with Gasteiger partial charge < -0.3 is 17.2 Å². The summed E-state index contributed by atoms with van der Waals surface area (Å²) in [6, 6.07) is 0. The molecule has 70 valence electrons. The summed E-state index contributed by atoms with van der Waals surface area (Å²) >= 11 is 0. The molecule has 6 heteroatoms. The zero-order chi connectivity index (χ0) is 10.1. The summed E-state index contributed by atoms with van der Waals surface area (Å²) in [5.74, 6) is -0.769. The molecule has 0 aromatic carbocycles. The molecule has 0 fully saturated rings. The predicted molar refractivity (Wildman–Crippen MR) is 50.0 cm³/mol. The fraction of sp³-hybridized carbons (Fsp3) is 0.286. The standard InChI is InChI=1S/C7H11N5O/c1-2-3-7(10)4(8)11-6(9)12-5(7)13/h2H,1,3,10H2,(H4,8,9,11,12,13). The number of hydrogen-bond donors (Lipinski definition) is 3. The van der Waals surface area contributed by atoms with Gasteiger partial charge >= 0.3 is 0 Å². The summed E-state index contributed by atoms with van der Waals surface area (Å²) in [6.07, 6.45) is 1.68. The van der Waals surface area contributed by atoms with E-state index in [1.807, 2.05) is 0 Å². The fourth-order valence-electron chi connectivity index (χ4n) is 0.981. The van der Waals surface area contributed by atoms with Crippen LogP contribution in [-0.4, -0.2) is 23.2 Å². The largest absolute Gasteiger partial charge is 0.385 e. The second-order valence-electron chi connectivity index (χ2n) is 2.74. The first-order chi connectivity index (χ1) is 6.00. The number of amides is 1. The van der Waals surface area contributed by atoms with Crippen LogP contribution >= 0.6 is 0 Å². The van der Waals surface area contributed by atoms with Gasteiger partial charge in [-0.15, -0.1) is 6.58 Å². The SMILES string of the molecule is C=CCC1(N)C(=O)N=C(N)N=C1N. The number of aliphatic imine (C=N–C) groups is 2. The molecule has 1 rings (SSSR count). The summed E-state index contributed by atoms with van der Waals surface area (Å²) in [7, 11) is 0. The van der Waals surface area contributed by atoms with Crippen LogP contribution in [0.15, 0.2) is 22.6 Å². The maximum absolute atomic E-state index is 11.3. The average molecular weight is 181 g/mol. The van der Waals surface area contributed by atoms with Crippen molar-refractivity contribution in [1.29, 1.82) is 0 Å². The van der Waals surface area contributed by atoms with E-state index in [0.717, 1.165) is 0 Å². The number of guanidine groups is 1. The highest BCUT2D eigenvalue weighted by Crippen LogP contribution is 2.13. The summed E-state index contributed by atoms with van der Waals surface area (Å²) in [5, 5.41) is 0. The van der Waals surface area contributed by atoms with E-state index in [1.165, 1.54) is 6.08 Å². The molecule has 0 saturated heterocycles. The van der Waals surface area contributed by atoms with Crippen molar-refractivity contribution in [2.45, 2.75) is 12.0 Å². The number of amidine groups is 1. The van der Waals surface area contributed by atoms with Crippen LogP contribution in [0.5, 0.6) is 0 Å². The number of nitrogens with zero attached hydrogens (tertiary/aromatic N) is 2. The maximum Gasteiger partial charge on any atom is 0.277 e. The zero-order valence-electron chi connectivity index (χ0n) is 7.03. The van der Waals surface area contributed by atoms with Crippen LogP contribution in [0, 0.1) is 0 Å². The van der Waals surface area contributed by atoms with Crippen molar-refractivity contribution in [3.05, 3.63) is 12.7 Å². The maximum atomic E-state index is 11.3. The summed E-state index contributed by atoms with van der Waals surface area (Å²) in [6.45, 7) is 3.47. The van der Waals surface area contributed by atoms with E-state index in [1.54, 1.807) is 0 Å². The fourth-order valence-corrected chi connectivity index (χ4v) is 0.981. The minimum Gasteiger partial charge on any atom is -0.385 e. The molecule has 1 heterocycles. The van der Waals surface area contributed by atoms with E-state index < -0.39 is 11.4 Å². The van der Waals surface area contributed by atoms with E-state index in [4.69, 9.17) is 17.2 Å². The third-order valence-corrected chi connectivity index (χ3v) is 1.76. The topological polar surface area (TPSA) is 120 Å². The van der Waals surface area contributed by atoms with Crippen molar-refractivity contribution >= 4 is 17.7 Å². The van der Waals surface area contributed by atoms with Crippen molar-refractivity contribution in [1.82, 2.24) is 0 Å². The molecule has 1 unspecified atom stereocenters. The second-order valence-corrected chi connectivity index (χ2v) is 2.74. The van der Waals surface area contributed by atoms with Crippen LogP contribution in [0.2, 0.25) is 0 Å². The molecular weight excluding hydrogens is 170 g/mol. The number of carbonyl (C=O) groups excluding carboxylic acids is 1. The van der Waals surface area contributed by atoms with Gasteiger partial charge in [-0.05, 0) is 6.42 Å². The third-order valence-electron chi connectivity index (χ3n) is 1.76.